The van der Waals surface area contributed by atoms with Gasteiger partial charge in [-0.3, -0.25) is 0 Å². The van der Waals surface area contributed by atoms with Gasteiger partial charge < -0.3 is 60.0 Å². The smallest absolute Gasteiger partial charge is 0.124 e. The first kappa shape index (κ1) is 38.5. The largest absolute Gasteiger partial charge is 0.781 e. The van der Waals surface area contributed by atoms with Crippen LogP contribution in [0.1, 0.15) is 69.5 Å². The van der Waals surface area contributed by atoms with E-state index in [1.807, 2.05) is 76.2 Å². The Labute approximate surface area is 302 Å². The van der Waals surface area contributed by atoms with E-state index in [2.05, 4.69) is 52.0 Å². The van der Waals surface area contributed by atoms with Crippen molar-refractivity contribution in [1.29, 1.82) is 0 Å². The predicted octanol–water partition coefficient (Wildman–Crippen LogP) is 9.86. The summed E-state index contributed by atoms with van der Waals surface area (Å²) in [5.41, 5.74) is 11.1. The molecule has 0 bridgehead atoms. The maximum atomic E-state index is 5.69. The van der Waals surface area contributed by atoms with Crippen LogP contribution in [-0.2, 0) is 67.0 Å². The van der Waals surface area contributed by atoms with Crippen LogP contribution in [0.2, 0.25) is 0 Å². The fourth-order valence-corrected chi connectivity index (χ4v) is 5.57. The van der Waals surface area contributed by atoms with Gasteiger partial charge in [0.15, 0.2) is 0 Å². The van der Waals surface area contributed by atoms with Gasteiger partial charge >= 0.3 is 0 Å². The molecule has 0 atom stereocenters. The maximum Gasteiger partial charge on any atom is 0.124 e. The molecule has 0 unspecified atom stereocenters. The molecule has 2 nitrogen and oxygen atoms in total. The van der Waals surface area contributed by atoms with Crippen LogP contribution in [-0.4, -0.2) is 13.2 Å². The van der Waals surface area contributed by atoms with Crippen LogP contribution < -0.4 is 9.47 Å². The molecular weight excluding hydrogens is 675 g/mol. The summed E-state index contributed by atoms with van der Waals surface area (Å²) in [6.45, 7) is 17.6. The molecule has 0 aromatic heterocycles. The van der Waals surface area contributed by atoms with Crippen LogP contribution in [0.15, 0.2) is 72.8 Å². The predicted molar refractivity (Wildman–Crippen MR) is 200 cm³/mol. The average molecular weight is 716 g/mol. The van der Waals surface area contributed by atoms with Gasteiger partial charge in [0.25, 0.3) is 0 Å². The molecule has 0 N–H and O–H groups in total. The van der Waals surface area contributed by atoms with E-state index in [-0.39, 0.29) is 16.5 Å². The van der Waals surface area contributed by atoms with Gasteiger partial charge in [0.05, 0.1) is 13.2 Å². The zero-order chi connectivity index (χ0) is 32.6. The van der Waals surface area contributed by atoms with E-state index >= 15 is 0 Å². The van der Waals surface area contributed by atoms with Gasteiger partial charge in [-0.15, -0.1) is 0 Å². The molecule has 45 heavy (non-hydrogen) atoms. The van der Waals surface area contributed by atoms with Crippen molar-refractivity contribution in [2.75, 3.05) is 13.2 Å². The molecule has 0 aliphatic heterocycles. The summed E-state index contributed by atoms with van der Waals surface area (Å²) in [6.07, 6.45) is 0. The van der Waals surface area contributed by atoms with Crippen molar-refractivity contribution in [3.63, 3.8) is 0 Å². The molecule has 7 heteroatoms. The summed E-state index contributed by atoms with van der Waals surface area (Å²) in [6, 6.07) is 24.4. The second-order valence-electron chi connectivity index (χ2n) is 10.8. The Hall–Kier alpha value is -2.67. The second kappa shape index (κ2) is 17.9. The van der Waals surface area contributed by atoms with Crippen LogP contribution >= 0.6 is 0 Å². The summed E-state index contributed by atoms with van der Waals surface area (Å²) in [7, 11) is 0. The maximum absolute atomic E-state index is 5.69. The van der Waals surface area contributed by atoms with Crippen LogP contribution in [0.3, 0.4) is 0 Å². The number of rotatable bonds is 8. The number of ether oxygens (including phenoxy) is 2. The number of aryl methyl sites for hydroxylation is 6. The van der Waals surface area contributed by atoms with Gasteiger partial charge in [-0.05, 0) is 130 Å². The zero-order valence-corrected chi connectivity index (χ0v) is 31.4. The van der Waals surface area contributed by atoms with E-state index in [1.165, 1.54) is 22.3 Å². The zero-order valence-electron chi connectivity index (χ0n) is 27.1. The molecule has 0 spiro atoms. The minimum atomic E-state index is 0. The van der Waals surface area contributed by atoms with Crippen LogP contribution in [0.5, 0.6) is 11.5 Å². The Balaban J connectivity index is 0.000000307. The third kappa shape index (κ3) is 10.2. The van der Waals surface area contributed by atoms with Crippen molar-refractivity contribution in [1.82, 2.24) is 0 Å². The fourth-order valence-electron chi connectivity index (χ4n) is 4.48. The van der Waals surface area contributed by atoms with Gasteiger partial charge in [-0.1, -0.05) is 54.1 Å². The quantitative estimate of drug-likeness (QED) is 0.102. The summed E-state index contributed by atoms with van der Waals surface area (Å²) < 4.78 is 11.3. The molecule has 4 rings (SSSR count). The van der Waals surface area contributed by atoms with Gasteiger partial charge in [0, 0.05) is 16.5 Å². The first-order valence-corrected chi connectivity index (χ1v) is 16.3. The third-order valence-corrected chi connectivity index (χ3v) is 9.38. The fraction of sp³-hybridized carbons (Fsp3) is 0.263. The van der Waals surface area contributed by atoms with Gasteiger partial charge in [0.2, 0.25) is 0 Å². The standard InChI is InChI=1S/2C19H22OS2.Ni/c1-5-20-17-9-6-12(2)10-16(17)19(22)18(21)15-8-7-13(3)14(4)11-15;1-5-20-16-9-7-13(3)17(11-16)19(22)18(21)15-8-6-12(2)14(4)10-15;/h2*6-11,21-22H,5H2,1-4H3;/p-4/b2*19-18-;. The Morgan fingerprint density at radius 3 is 1.47 bits per heavy atom. The van der Waals surface area contributed by atoms with Crippen molar-refractivity contribution in [3.8, 4) is 11.5 Å². The molecule has 0 amide bonds. The topological polar surface area (TPSA) is 18.5 Å². The Morgan fingerprint density at radius 2 is 0.978 bits per heavy atom. The van der Waals surface area contributed by atoms with Crippen molar-refractivity contribution in [3.05, 3.63) is 128 Å². The number of hydrogen-bond acceptors (Lipinski definition) is 6. The van der Waals surface area contributed by atoms with Crippen molar-refractivity contribution in [2.45, 2.75) is 55.4 Å². The molecule has 0 aliphatic carbocycles. The molecule has 4 aromatic carbocycles. The average Bonchev–Trinajstić information content (AvgIpc) is 3.01. The molecule has 0 saturated heterocycles. The van der Waals surface area contributed by atoms with Crippen LogP contribution in [0.25, 0.3) is 19.6 Å². The van der Waals surface area contributed by atoms with Crippen molar-refractivity contribution in [2.24, 2.45) is 0 Å². The van der Waals surface area contributed by atoms with E-state index in [0.717, 1.165) is 49.8 Å². The van der Waals surface area contributed by atoms with E-state index in [4.69, 9.17) is 60.0 Å². The monoisotopic (exact) mass is 714 g/mol. The van der Waals surface area contributed by atoms with E-state index in [9.17, 15) is 0 Å². The molecule has 242 valence electrons. The molecule has 0 heterocycles. The van der Waals surface area contributed by atoms with Crippen LogP contribution in [0.4, 0.5) is 0 Å². The minimum Gasteiger partial charge on any atom is -0.781 e. The molecule has 4 aromatic rings. The van der Waals surface area contributed by atoms with Crippen LogP contribution in [0, 0.1) is 41.5 Å². The van der Waals surface area contributed by atoms with Gasteiger partial charge in [0.1, 0.15) is 11.5 Å². The molecule has 0 saturated carbocycles. The number of hydrogen-bond donors (Lipinski definition) is 0. The molecule has 0 fully saturated rings. The Bertz CT molecular complexity index is 1690. The van der Waals surface area contributed by atoms with Crippen molar-refractivity contribution < 1.29 is 26.0 Å². The molecule has 0 aliphatic rings. The first-order valence-electron chi connectivity index (χ1n) is 14.7. The minimum absolute atomic E-state index is 0. The summed E-state index contributed by atoms with van der Waals surface area (Å²) in [5.74, 6) is 1.62. The summed E-state index contributed by atoms with van der Waals surface area (Å²) >= 11 is 22.5. The number of benzene rings is 4. The first-order chi connectivity index (χ1) is 20.9. The Kier molecular flexibility index (Phi) is 15.3. The summed E-state index contributed by atoms with van der Waals surface area (Å²) in [4.78, 5) is 2.79. The van der Waals surface area contributed by atoms with E-state index in [0.29, 0.717) is 27.9 Å². The van der Waals surface area contributed by atoms with Gasteiger partial charge in [-0.25, -0.2) is 0 Å². The summed E-state index contributed by atoms with van der Waals surface area (Å²) in [5, 5.41) is 0. The van der Waals surface area contributed by atoms with E-state index < -0.39 is 0 Å². The van der Waals surface area contributed by atoms with E-state index in [1.54, 1.807) is 0 Å². The normalized spacial score (nSPS) is 11.7. The Morgan fingerprint density at radius 1 is 0.489 bits per heavy atom. The third-order valence-electron chi connectivity index (χ3n) is 7.39. The van der Waals surface area contributed by atoms with Gasteiger partial charge in [-0.2, -0.15) is 19.6 Å². The second-order valence-corrected chi connectivity index (χ2v) is 12.4. The molecular formula is C38H40NiO2S4-4. The molecule has 0 radical (unpaired) electrons. The van der Waals surface area contributed by atoms with Crippen molar-refractivity contribution >= 4 is 70.1 Å². The SMILES string of the molecule is CCOc1ccc(C)c(/C([S-])=C(/[S-])c2ccc(C)c(C)c2)c1.CCOc1ccc(C)cc1/C([S-])=C(/[S-])c1ccc(C)c(C)c1.[Ni].